The molecule has 2 N–H and O–H groups in total. The van der Waals surface area contributed by atoms with Gasteiger partial charge in [0.15, 0.2) is 0 Å². The fourth-order valence-electron chi connectivity index (χ4n) is 2.30. The molecule has 3 nitrogen and oxygen atoms in total. The number of rotatable bonds is 5. The SMILES string of the molecule is COc1ccc(CC(C)(O)Cc2ccc(O)cc2)cc1. The van der Waals surface area contributed by atoms with Crippen LogP contribution in [0.1, 0.15) is 18.1 Å². The minimum absolute atomic E-state index is 0.239. The molecule has 0 spiro atoms. The van der Waals surface area contributed by atoms with Crippen molar-refractivity contribution in [1.29, 1.82) is 0 Å². The van der Waals surface area contributed by atoms with Gasteiger partial charge in [-0.1, -0.05) is 24.3 Å². The van der Waals surface area contributed by atoms with Crippen molar-refractivity contribution in [3.63, 3.8) is 0 Å². The first-order chi connectivity index (χ1) is 9.48. The summed E-state index contributed by atoms with van der Waals surface area (Å²) in [5.74, 6) is 1.05. The maximum absolute atomic E-state index is 10.5. The number of methoxy groups -OCH3 is 1. The molecule has 0 radical (unpaired) electrons. The minimum atomic E-state index is -0.828. The van der Waals surface area contributed by atoms with Gasteiger partial charge in [0.25, 0.3) is 0 Å². The van der Waals surface area contributed by atoms with Crippen molar-refractivity contribution in [3.05, 3.63) is 59.7 Å². The first-order valence-electron chi connectivity index (χ1n) is 6.62. The summed E-state index contributed by atoms with van der Waals surface area (Å²) < 4.78 is 5.12. The van der Waals surface area contributed by atoms with E-state index in [0.717, 1.165) is 16.9 Å². The van der Waals surface area contributed by atoms with Crippen molar-refractivity contribution >= 4 is 0 Å². The molecule has 0 aliphatic heterocycles. The molecule has 0 amide bonds. The highest BCUT2D eigenvalue weighted by atomic mass is 16.5. The van der Waals surface area contributed by atoms with Crippen molar-refractivity contribution in [2.45, 2.75) is 25.4 Å². The summed E-state index contributed by atoms with van der Waals surface area (Å²) in [6, 6.07) is 14.7. The molecule has 2 aromatic carbocycles. The summed E-state index contributed by atoms with van der Waals surface area (Å²) >= 11 is 0. The molecule has 0 aliphatic carbocycles. The Balaban J connectivity index is 2.03. The highest BCUT2D eigenvalue weighted by molar-refractivity contribution is 5.30. The maximum Gasteiger partial charge on any atom is 0.118 e. The van der Waals surface area contributed by atoms with Gasteiger partial charge < -0.3 is 14.9 Å². The summed E-state index contributed by atoms with van der Waals surface area (Å²) in [7, 11) is 1.63. The van der Waals surface area contributed by atoms with Crippen LogP contribution in [0.15, 0.2) is 48.5 Å². The van der Waals surface area contributed by atoms with E-state index in [2.05, 4.69) is 0 Å². The van der Waals surface area contributed by atoms with Crippen molar-refractivity contribution in [2.75, 3.05) is 7.11 Å². The molecule has 0 heterocycles. The molecule has 0 aliphatic rings. The topological polar surface area (TPSA) is 49.7 Å². The zero-order valence-electron chi connectivity index (χ0n) is 11.8. The lowest BCUT2D eigenvalue weighted by Gasteiger charge is -2.23. The van der Waals surface area contributed by atoms with E-state index in [4.69, 9.17) is 4.74 Å². The smallest absolute Gasteiger partial charge is 0.118 e. The van der Waals surface area contributed by atoms with Gasteiger partial charge in [-0.2, -0.15) is 0 Å². The summed E-state index contributed by atoms with van der Waals surface area (Å²) in [4.78, 5) is 0. The molecule has 2 aromatic rings. The Morgan fingerprint density at radius 3 is 1.80 bits per heavy atom. The van der Waals surface area contributed by atoms with E-state index in [1.54, 1.807) is 19.2 Å². The van der Waals surface area contributed by atoms with Gasteiger partial charge in [-0.15, -0.1) is 0 Å². The third-order valence-electron chi connectivity index (χ3n) is 3.27. The predicted molar refractivity (Wildman–Crippen MR) is 79.1 cm³/mol. The number of aliphatic hydroxyl groups is 1. The lowest BCUT2D eigenvalue weighted by molar-refractivity contribution is 0.0608. The summed E-state index contributed by atoms with van der Waals surface area (Å²) in [5.41, 5.74) is 1.24. The van der Waals surface area contributed by atoms with E-state index in [1.807, 2.05) is 43.3 Å². The number of hydrogen-bond donors (Lipinski definition) is 2. The molecule has 2 rings (SSSR count). The maximum atomic E-state index is 10.5. The largest absolute Gasteiger partial charge is 0.508 e. The van der Waals surface area contributed by atoms with E-state index in [0.29, 0.717) is 12.8 Å². The van der Waals surface area contributed by atoms with E-state index in [1.165, 1.54) is 0 Å². The van der Waals surface area contributed by atoms with E-state index in [-0.39, 0.29) is 5.75 Å². The van der Waals surface area contributed by atoms with Crippen LogP contribution in [0.2, 0.25) is 0 Å². The van der Waals surface area contributed by atoms with Gasteiger partial charge >= 0.3 is 0 Å². The number of aromatic hydroxyl groups is 1. The molecule has 0 aromatic heterocycles. The normalized spacial score (nSPS) is 13.8. The summed E-state index contributed by atoms with van der Waals surface area (Å²) in [5, 5.41) is 19.8. The van der Waals surface area contributed by atoms with Crippen molar-refractivity contribution < 1.29 is 14.9 Å². The van der Waals surface area contributed by atoms with Crippen LogP contribution in [-0.2, 0) is 12.8 Å². The first-order valence-corrected chi connectivity index (χ1v) is 6.62. The van der Waals surface area contributed by atoms with Crippen LogP contribution in [0.4, 0.5) is 0 Å². The van der Waals surface area contributed by atoms with Crippen molar-refractivity contribution in [1.82, 2.24) is 0 Å². The quantitative estimate of drug-likeness (QED) is 0.880. The monoisotopic (exact) mass is 272 g/mol. The van der Waals surface area contributed by atoms with Gasteiger partial charge in [-0.25, -0.2) is 0 Å². The van der Waals surface area contributed by atoms with Crippen LogP contribution >= 0.6 is 0 Å². The Labute approximate surface area is 119 Å². The second-order valence-electron chi connectivity index (χ2n) is 5.37. The molecule has 106 valence electrons. The number of ether oxygens (including phenoxy) is 1. The van der Waals surface area contributed by atoms with Crippen LogP contribution in [0.3, 0.4) is 0 Å². The van der Waals surface area contributed by atoms with Gasteiger partial charge in [-0.3, -0.25) is 0 Å². The average Bonchev–Trinajstić information content (AvgIpc) is 2.41. The molecule has 0 saturated heterocycles. The molecule has 1 unspecified atom stereocenters. The highest BCUT2D eigenvalue weighted by Crippen LogP contribution is 2.21. The standard InChI is InChI=1S/C17H20O3/c1-17(19,11-13-3-7-15(18)8-4-13)12-14-5-9-16(20-2)10-6-14/h3-10,18-19H,11-12H2,1-2H3. The second-order valence-corrected chi connectivity index (χ2v) is 5.37. The molecule has 0 fully saturated rings. The van der Waals surface area contributed by atoms with Crippen LogP contribution in [0.5, 0.6) is 11.5 Å². The second kappa shape index (κ2) is 5.97. The summed E-state index contributed by atoms with van der Waals surface area (Å²) in [6.45, 7) is 1.82. The van der Waals surface area contributed by atoms with Crippen LogP contribution < -0.4 is 4.74 Å². The third-order valence-corrected chi connectivity index (χ3v) is 3.27. The van der Waals surface area contributed by atoms with Gasteiger partial charge in [-0.05, 0) is 42.3 Å². The van der Waals surface area contributed by atoms with Gasteiger partial charge in [0.05, 0.1) is 12.7 Å². The average molecular weight is 272 g/mol. The molecule has 0 bridgehead atoms. The number of phenolic OH excluding ortho intramolecular Hbond substituents is 1. The zero-order chi connectivity index (χ0) is 14.6. The van der Waals surface area contributed by atoms with E-state index >= 15 is 0 Å². The fraction of sp³-hybridized carbons (Fsp3) is 0.294. The number of phenols is 1. The molecule has 0 saturated carbocycles. The highest BCUT2D eigenvalue weighted by Gasteiger charge is 2.21. The fourth-order valence-corrected chi connectivity index (χ4v) is 2.30. The molecule has 1 atom stereocenters. The van der Waals surface area contributed by atoms with Gasteiger partial charge in [0.2, 0.25) is 0 Å². The van der Waals surface area contributed by atoms with Crippen LogP contribution in [0.25, 0.3) is 0 Å². The van der Waals surface area contributed by atoms with Gasteiger partial charge in [0, 0.05) is 12.8 Å². The minimum Gasteiger partial charge on any atom is -0.508 e. The van der Waals surface area contributed by atoms with Crippen LogP contribution in [-0.4, -0.2) is 22.9 Å². The van der Waals surface area contributed by atoms with Crippen LogP contribution in [0, 0.1) is 0 Å². The molecular formula is C17H20O3. The Morgan fingerprint density at radius 1 is 0.900 bits per heavy atom. The molecular weight excluding hydrogens is 252 g/mol. The van der Waals surface area contributed by atoms with E-state index in [9.17, 15) is 10.2 Å². The Morgan fingerprint density at radius 2 is 1.35 bits per heavy atom. The van der Waals surface area contributed by atoms with Crippen molar-refractivity contribution in [2.24, 2.45) is 0 Å². The van der Waals surface area contributed by atoms with Gasteiger partial charge in [0.1, 0.15) is 11.5 Å². The Hall–Kier alpha value is -2.00. The molecule has 20 heavy (non-hydrogen) atoms. The lowest BCUT2D eigenvalue weighted by Crippen LogP contribution is -2.30. The number of hydrogen-bond acceptors (Lipinski definition) is 3. The van der Waals surface area contributed by atoms with Crippen molar-refractivity contribution in [3.8, 4) is 11.5 Å². The molecule has 3 heteroatoms. The Bertz CT molecular complexity index is 541. The first kappa shape index (κ1) is 14.4. The lowest BCUT2D eigenvalue weighted by atomic mass is 9.90. The third kappa shape index (κ3) is 4.00. The summed E-state index contributed by atoms with van der Waals surface area (Å²) in [6.07, 6.45) is 1.11. The Kier molecular flexibility index (Phi) is 4.30. The predicted octanol–water partition coefficient (Wildman–Crippen LogP) is 2.94. The van der Waals surface area contributed by atoms with E-state index < -0.39 is 5.60 Å². The number of benzene rings is 2. The zero-order valence-corrected chi connectivity index (χ0v) is 11.8.